The molecule has 2 aromatic carbocycles. The van der Waals surface area contributed by atoms with E-state index in [0.29, 0.717) is 34.1 Å². The molecule has 0 aliphatic heterocycles. The third-order valence-corrected chi connectivity index (χ3v) is 7.05. The summed E-state index contributed by atoms with van der Waals surface area (Å²) in [5.41, 5.74) is 1.22. The summed E-state index contributed by atoms with van der Waals surface area (Å²) in [6.45, 7) is 0. The number of hydrogen-bond donors (Lipinski definition) is 2. The molecule has 5 nitrogen and oxygen atoms in total. The molecule has 2 aromatic rings. The molecule has 2 saturated carbocycles. The molecule has 2 amide bonds. The van der Waals surface area contributed by atoms with Crippen molar-refractivity contribution in [2.75, 3.05) is 5.32 Å². The molecule has 2 fully saturated rings. The quantitative estimate of drug-likeness (QED) is 0.502. The van der Waals surface area contributed by atoms with Crippen molar-refractivity contribution in [3.63, 3.8) is 0 Å². The number of anilines is 1. The van der Waals surface area contributed by atoms with Gasteiger partial charge in [-0.15, -0.1) is 23.2 Å². The minimum absolute atomic E-state index is 0.100. The van der Waals surface area contributed by atoms with Crippen LogP contribution in [0, 0.1) is 5.92 Å². The number of nitrogens with one attached hydrogen (secondary N) is 2. The molecular formula is C21H15Cl5N2O3. The molecule has 0 saturated heterocycles. The van der Waals surface area contributed by atoms with Gasteiger partial charge in [-0.1, -0.05) is 34.8 Å². The summed E-state index contributed by atoms with van der Waals surface area (Å²) in [6, 6.07) is 9.26. The Morgan fingerprint density at radius 2 is 1.61 bits per heavy atom. The smallest absolute Gasteiger partial charge is 0.253 e. The maximum atomic E-state index is 12.9. The van der Waals surface area contributed by atoms with Gasteiger partial charge in [0.05, 0.1) is 16.5 Å². The van der Waals surface area contributed by atoms with Gasteiger partial charge in [-0.05, 0) is 42.0 Å². The number of benzene rings is 2. The first kappa shape index (κ1) is 22.7. The van der Waals surface area contributed by atoms with Crippen LogP contribution in [-0.4, -0.2) is 28.0 Å². The zero-order valence-corrected chi connectivity index (χ0v) is 19.5. The van der Waals surface area contributed by atoms with Crippen molar-refractivity contribution in [1.29, 1.82) is 0 Å². The zero-order chi connectivity index (χ0) is 22.5. The van der Waals surface area contributed by atoms with Crippen LogP contribution in [0.5, 0.6) is 0 Å². The lowest BCUT2D eigenvalue weighted by Gasteiger charge is -2.25. The summed E-state index contributed by atoms with van der Waals surface area (Å²) in [7, 11) is 0. The van der Waals surface area contributed by atoms with Crippen molar-refractivity contribution in [2.45, 2.75) is 29.1 Å². The lowest BCUT2D eigenvalue weighted by atomic mass is 9.91. The van der Waals surface area contributed by atoms with Crippen LogP contribution in [0.3, 0.4) is 0 Å². The van der Waals surface area contributed by atoms with Crippen LogP contribution in [0.2, 0.25) is 15.1 Å². The van der Waals surface area contributed by atoms with Crippen LogP contribution in [-0.2, 0) is 9.59 Å². The summed E-state index contributed by atoms with van der Waals surface area (Å²) in [4.78, 5) is 36.4. The summed E-state index contributed by atoms with van der Waals surface area (Å²) in [5.74, 6) is -1.95. The highest BCUT2D eigenvalue weighted by Crippen LogP contribution is 2.65. The predicted octanol–water partition coefficient (Wildman–Crippen LogP) is 5.63. The van der Waals surface area contributed by atoms with Crippen LogP contribution in [0.25, 0.3) is 0 Å². The number of ketones is 1. The molecule has 4 rings (SSSR count). The monoisotopic (exact) mass is 518 g/mol. The predicted molar refractivity (Wildman–Crippen MR) is 123 cm³/mol. The standard InChI is InChI=1S/C21H15Cl5N2O3/c22-10-3-9(4-11(23)5-10)17-18(21(17,25)26)20(31)27-12-1-2-16(24)15(8-12)19(30)28-13-6-14(29)7-13/h1-5,8,13,17-18H,6-7H2,(H,27,31)(H,28,30)/t17-,18+/m1/s1. The van der Waals surface area contributed by atoms with Gasteiger partial charge >= 0.3 is 0 Å². The van der Waals surface area contributed by atoms with Gasteiger partial charge in [0.25, 0.3) is 5.91 Å². The van der Waals surface area contributed by atoms with Crippen LogP contribution >= 0.6 is 58.0 Å². The first-order valence-electron chi connectivity index (χ1n) is 9.33. The molecule has 31 heavy (non-hydrogen) atoms. The Hall–Kier alpha value is -1.50. The van der Waals surface area contributed by atoms with Gasteiger partial charge in [-0.3, -0.25) is 14.4 Å². The minimum atomic E-state index is -1.32. The molecule has 2 aliphatic carbocycles. The molecule has 0 aromatic heterocycles. The fourth-order valence-corrected chi connectivity index (χ4v) is 5.25. The average molecular weight is 521 g/mol. The van der Waals surface area contributed by atoms with E-state index in [9.17, 15) is 14.4 Å². The summed E-state index contributed by atoms with van der Waals surface area (Å²) in [6.07, 6.45) is 0.619. The van der Waals surface area contributed by atoms with E-state index in [0.717, 1.165) is 0 Å². The zero-order valence-electron chi connectivity index (χ0n) is 15.7. The van der Waals surface area contributed by atoms with Crippen LogP contribution in [0.15, 0.2) is 36.4 Å². The molecule has 10 heteroatoms. The van der Waals surface area contributed by atoms with E-state index < -0.39 is 28.0 Å². The fourth-order valence-electron chi connectivity index (χ4n) is 3.67. The molecule has 0 bridgehead atoms. The van der Waals surface area contributed by atoms with E-state index in [1.54, 1.807) is 24.3 Å². The van der Waals surface area contributed by atoms with Gasteiger partial charge in [0, 0.05) is 40.5 Å². The number of carbonyl (C=O) groups excluding carboxylic acids is 3. The van der Waals surface area contributed by atoms with E-state index in [2.05, 4.69) is 10.6 Å². The van der Waals surface area contributed by atoms with Gasteiger partial charge in [-0.2, -0.15) is 0 Å². The second-order valence-corrected chi connectivity index (χ2v) is 10.4. The van der Waals surface area contributed by atoms with E-state index in [1.165, 1.54) is 12.1 Å². The molecule has 0 unspecified atom stereocenters. The Morgan fingerprint density at radius 3 is 2.23 bits per heavy atom. The molecule has 0 heterocycles. The number of rotatable bonds is 5. The van der Waals surface area contributed by atoms with Crippen LogP contribution in [0.4, 0.5) is 5.69 Å². The van der Waals surface area contributed by atoms with Gasteiger partial charge in [0.1, 0.15) is 10.1 Å². The average Bonchev–Trinajstić information content (AvgIpc) is 3.23. The Labute approximate surface area is 203 Å². The van der Waals surface area contributed by atoms with Gasteiger partial charge in [-0.25, -0.2) is 0 Å². The molecule has 2 atom stereocenters. The highest BCUT2D eigenvalue weighted by Gasteiger charge is 2.67. The van der Waals surface area contributed by atoms with Crippen molar-refractivity contribution in [2.24, 2.45) is 5.92 Å². The van der Waals surface area contributed by atoms with E-state index >= 15 is 0 Å². The summed E-state index contributed by atoms with van der Waals surface area (Å²) < 4.78 is -1.32. The van der Waals surface area contributed by atoms with Crippen LogP contribution < -0.4 is 10.6 Å². The van der Waals surface area contributed by atoms with Gasteiger partial charge in [0.2, 0.25) is 5.91 Å². The Bertz CT molecular complexity index is 1080. The Kier molecular flexibility index (Phi) is 6.18. The molecular weight excluding hydrogens is 506 g/mol. The maximum absolute atomic E-state index is 12.9. The molecule has 2 N–H and O–H groups in total. The number of halogens is 5. The third kappa shape index (κ3) is 4.67. The van der Waals surface area contributed by atoms with Crippen LogP contribution in [0.1, 0.15) is 34.7 Å². The molecule has 0 spiro atoms. The largest absolute Gasteiger partial charge is 0.348 e. The summed E-state index contributed by atoms with van der Waals surface area (Å²) >= 11 is 31.0. The molecule has 2 aliphatic rings. The number of alkyl halides is 2. The first-order chi connectivity index (χ1) is 14.6. The highest BCUT2D eigenvalue weighted by atomic mass is 35.5. The highest BCUT2D eigenvalue weighted by molar-refractivity contribution is 6.53. The van der Waals surface area contributed by atoms with Crippen molar-refractivity contribution >= 4 is 81.3 Å². The van der Waals surface area contributed by atoms with E-state index in [4.69, 9.17) is 58.0 Å². The second kappa shape index (κ2) is 8.45. The minimum Gasteiger partial charge on any atom is -0.348 e. The van der Waals surface area contributed by atoms with Crippen molar-refractivity contribution < 1.29 is 14.4 Å². The summed E-state index contributed by atoms with van der Waals surface area (Å²) in [5, 5.41) is 6.54. The van der Waals surface area contributed by atoms with E-state index in [1.807, 2.05) is 0 Å². The fraction of sp³-hybridized carbons (Fsp3) is 0.286. The Balaban J connectivity index is 1.48. The van der Waals surface area contributed by atoms with Crippen molar-refractivity contribution in [3.8, 4) is 0 Å². The lowest BCUT2D eigenvalue weighted by molar-refractivity contribution is -0.125. The number of amides is 2. The number of carbonyl (C=O) groups is 3. The third-order valence-electron chi connectivity index (χ3n) is 5.34. The SMILES string of the molecule is O=C1CC(NC(=O)c2cc(NC(=O)[C@@H]3[C@@H](c4cc(Cl)cc(Cl)c4)C3(Cl)Cl)ccc2Cl)C1. The van der Waals surface area contributed by atoms with E-state index in [-0.39, 0.29) is 22.4 Å². The normalized spacial score (nSPS) is 21.9. The number of Topliss-reactive ketones (excluding diaryl/α,β-unsaturated/α-hetero) is 1. The van der Waals surface area contributed by atoms with Crippen molar-refractivity contribution in [3.05, 3.63) is 62.6 Å². The topological polar surface area (TPSA) is 75.3 Å². The Morgan fingerprint density at radius 1 is 0.968 bits per heavy atom. The number of hydrogen-bond acceptors (Lipinski definition) is 3. The molecule has 162 valence electrons. The van der Waals surface area contributed by atoms with Gasteiger partial charge < -0.3 is 10.6 Å². The van der Waals surface area contributed by atoms with Crippen molar-refractivity contribution in [1.82, 2.24) is 5.32 Å². The maximum Gasteiger partial charge on any atom is 0.253 e. The lowest BCUT2D eigenvalue weighted by Crippen LogP contribution is -2.44. The molecule has 0 radical (unpaired) electrons. The second-order valence-electron chi connectivity index (χ2n) is 7.63. The van der Waals surface area contributed by atoms with Gasteiger partial charge in [0.15, 0.2) is 0 Å². The first-order valence-corrected chi connectivity index (χ1v) is 11.2.